The molecule has 43 heavy (non-hydrogen) atoms. The van der Waals surface area contributed by atoms with Crippen LogP contribution in [0.15, 0.2) is 36.4 Å². The Bertz CT molecular complexity index is 1470. The molecule has 2 aromatic rings. The first-order valence-corrected chi connectivity index (χ1v) is 15.1. The summed E-state index contributed by atoms with van der Waals surface area (Å²) in [5.74, 6) is 6.75. The highest BCUT2D eigenvalue weighted by molar-refractivity contribution is 6.33. The average Bonchev–Trinajstić information content (AvgIpc) is 3.21. The number of hydrogen-bond donors (Lipinski definition) is 0. The van der Waals surface area contributed by atoms with Gasteiger partial charge in [-0.1, -0.05) is 57.2 Å². The number of unbranched alkanes of at least 4 members (excludes halogenated alkanes) is 2. The topological polar surface area (TPSA) is 69.4 Å². The summed E-state index contributed by atoms with van der Waals surface area (Å²) in [5, 5.41) is 0.368. The molecule has 0 saturated heterocycles. The Kier molecular flexibility index (Phi) is 9.50. The van der Waals surface area contributed by atoms with Crippen molar-refractivity contribution >= 4 is 29.2 Å². The van der Waals surface area contributed by atoms with Crippen molar-refractivity contribution in [2.75, 3.05) is 13.2 Å². The highest BCUT2D eigenvalue weighted by atomic mass is 35.5. The van der Waals surface area contributed by atoms with E-state index in [1.54, 1.807) is 18.2 Å². The number of rotatable bonds is 9. The van der Waals surface area contributed by atoms with Gasteiger partial charge in [0, 0.05) is 47.6 Å². The second kappa shape index (κ2) is 12.6. The highest BCUT2D eigenvalue weighted by Crippen LogP contribution is 2.59. The molecule has 1 fully saturated rings. The van der Waals surface area contributed by atoms with E-state index in [1.807, 2.05) is 43.9 Å². The van der Waals surface area contributed by atoms with E-state index >= 15 is 0 Å². The molecule has 0 aromatic heterocycles. The van der Waals surface area contributed by atoms with Gasteiger partial charge in [0.05, 0.1) is 11.6 Å². The largest absolute Gasteiger partial charge is 0.489 e. The number of benzene rings is 2. The minimum Gasteiger partial charge on any atom is -0.489 e. The van der Waals surface area contributed by atoms with Crippen molar-refractivity contribution in [2.24, 2.45) is 10.8 Å². The van der Waals surface area contributed by atoms with Crippen LogP contribution in [0.1, 0.15) is 89.2 Å². The van der Waals surface area contributed by atoms with Crippen molar-refractivity contribution in [3.05, 3.63) is 69.5 Å². The van der Waals surface area contributed by atoms with Gasteiger partial charge in [-0.2, -0.15) is 0 Å². The summed E-state index contributed by atoms with van der Waals surface area (Å²) in [6, 6.07) is 10.9. The minimum absolute atomic E-state index is 0.0324. The number of ether oxygens (including phenoxy) is 3. The molecule has 0 atom stereocenters. The van der Waals surface area contributed by atoms with Crippen molar-refractivity contribution in [3.63, 3.8) is 0 Å². The third-order valence-electron chi connectivity index (χ3n) is 8.02. The third kappa shape index (κ3) is 7.18. The first-order chi connectivity index (χ1) is 20.1. The quantitative estimate of drug-likeness (QED) is 0.127. The first-order valence-electron chi connectivity index (χ1n) is 14.7. The van der Waals surface area contributed by atoms with E-state index in [0.717, 1.165) is 36.0 Å². The van der Waals surface area contributed by atoms with E-state index in [2.05, 4.69) is 44.4 Å². The molecule has 1 saturated carbocycles. The van der Waals surface area contributed by atoms with Gasteiger partial charge in [-0.05, 0) is 69.5 Å². The van der Waals surface area contributed by atoms with Crippen LogP contribution in [0.4, 0.5) is 5.69 Å². The van der Waals surface area contributed by atoms with Gasteiger partial charge in [0.1, 0.15) is 24.1 Å². The summed E-state index contributed by atoms with van der Waals surface area (Å²) in [7, 11) is 0. The Morgan fingerprint density at radius 1 is 1.12 bits per heavy atom. The van der Waals surface area contributed by atoms with Crippen LogP contribution in [-0.4, -0.2) is 47.7 Å². The number of nitrogens with zero attached hydrogens (tertiary/aromatic N) is 2. The van der Waals surface area contributed by atoms with Gasteiger partial charge in [-0.15, -0.1) is 0 Å². The van der Waals surface area contributed by atoms with Crippen molar-refractivity contribution in [1.82, 2.24) is 4.90 Å². The van der Waals surface area contributed by atoms with E-state index in [9.17, 15) is 9.59 Å². The molecule has 7 nitrogen and oxygen atoms in total. The molecular weight excluding hydrogens is 564 g/mol. The third-order valence-corrected chi connectivity index (χ3v) is 8.32. The van der Waals surface area contributed by atoms with E-state index < -0.39 is 5.60 Å². The number of carbonyl (C=O) groups is 2. The maximum atomic E-state index is 13.6. The van der Waals surface area contributed by atoms with Gasteiger partial charge in [0.15, 0.2) is 0 Å². The molecule has 0 radical (unpaired) electrons. The van der Waals surface area contributed by atoms with Crippen LogP contribution in [0.3, 0.4) is 0 Å². The molecule has 2 aromatic carbocycles. The van der Waals surface area contributed by atoms with Gasteiger partial charge in [0.2, 0.25) is 5.69 Å². The van der Waals surface area contributed by atoms with E-state index in [1.165, 1.54) is 0 Å². The minimum atomic E-state index is -0.508. The van der Waals surface area contributed by atoms with Crippen LogP contribution in [-0.2, 0) is 20.8 Å². The zero-order valence-electron chi connectivity index (χ0n) is 26.2. The van der Waals surface area contributed by atoms with Gasteiger partial charge in [-0.3, -0.25) is 4.79 Å². The number of hydrogen-bond acceptors (Lipinski definition) is 5. The van der Waals surface area contributed by atoms with Crippen molar-refractivity contribution in [2.45, 2.75) is 92.0 Å². The predicted octanol–water partition coefficient (Wildman–Crippen LogP) is 7.61. The molecule has 1 heterocycles. The van der Waals surface area contributed by atoms with Gasteiger partial charge >= 0.3 is 5.97 Å². The predicted molar refractivity (Wildman–Crippen MR) is 167 cm³/mol. The van der Waals surface area contributed by atoms with Crippen LogP contribution in [0.25, 0.3) is 4.85 Å². The van der Waals surface area contributed by atoms with E-state index in [-0.39, 0.29) is 41.5 Å². The number of amides is 1. The number of fused-ring (bicyclic) bond motifs is 1. The van der Waals surface area contributed by atoms with Gasteiger partial charge in [0.25, 0.3) is 5.91 Å². The van der Waals surface area contributed by atoms with Gasteiger partial charge < -0.3 is 19.1 Å². The summed E-state index contributed by atoms with van der Waals surface area (Å²) in [6.45, 7) is 22.2. The zero-order valence-corrected chi connectivity index (χ0v) is 26.9. The van der Waals surface area contributed by atoms with E-state index in [4.69, 9.17) is 32.4 Å². The van der Waals surface area contributed by atoms with Crippen LogP contribution in [0.5, 0.6) is 5.75 Å². The fourth-order valence-corrected chi connectivity index (χ4v) is 6.95. The number of carbonyl (C=O) groups excluding carboxylic acids is 2. The lowest BCUT2D eigenvalue weighted by atomic mass is 9.49. The molecule has 1 aliphatic heterocycles. The summed E-state index contributed by atoms with van der Waals surface area (Å²) in [5.41, 5.74) is 1.87. The lowest BCUT2D eigenvalue weighted by molar-refractivity contribution is -0.199. The molecule has 8 heteroatoms. The fraction of sp³-hybridized carbons (Fsp3) is 0.514. The molecule has 4 rings (SSSR count). The summed E-state index contributed by atoms with van der Waals surface area (Å²) in [4.78, 5) is 30.6. The van der Waals surface area contributed by atoms with Crippen molar-refractivity contribution in [1.29, 1.82) is 0 Å². The Morgan fingerprint density at radius 3 is 2.49 bits per heavy atom. The second-order valence-electron chi connectivity index (χ2n) is 13.5. The molecule has 0 N–H and O–H groups in total. The molecule has 2 aliphatic rings. The maximum absolute atomic E-state index is 13.6. The maximum Gasteiger partial charge on any atom is 0.332 e. The average molecular weight is 605 g/mol. The Morgan fingerprint density at radius 2 is 1.84 bits per heavy atom. The zero-order chi connectivity index (χ0) is 31.6. The Hall–Kier alpha value is -3.52. The molecule has 0 spiro atoms. The smallest absolute Gasteiger partial charge is 0.332 e. The van der Waals surface area contributed by atoms with E-state index in [0.29, 0.717) is 29.6 Å². The molecule has 1 amide bonds. The van der Waals surface area contributed by atoms with Crippen molar-refractivity contribution in [3.8, 4) is 17.6 Å². The Labute approximate surface area is 260 Å². The van der Waals surface area contributed by atoms with Gasteiger partial charge in [-0.25, -0.2) is 9.64 Å². The molecule has 1 aliphatic carbocycles. The molecule has 0 bridgehead atoms. The first kappa shape index (κ1) is 32.4. The normalized spacial score (nSPS) is 19.9. The second-order valence-corrected chi connectivity index (χ2v) is 13.9. The lowest BCUT2D eigenvalue weighted by Gasteiger charge is -2.65. The number of halogens is 1. The SMILES string of the molecule is [C-]#[N+]c1ccc(OC2C(C)(C)C(N3Cc4cc(C#CCCCCOCC(=O)OC(C)(C)C)ccc4C3=O)C2(C)C)cc1Cl. The summed E-state index contributed by atoms with van der Waals surface area (Å²) in [6.07, 6.45) is 2.24. The standard InChI is InChI=1S/C35H41ClN2O5/c1-33(2,3)43-29(39)22-41-18-12-10-9-11-13-23-14-16-26-24(19-23)21-38(30(26)40)31-34(4,5)32(35(31,6)7)42-25-15-17-28(37-8)27(36)20-25/h14-17,19-20,31-32H,9-10,12,18,21-22H2,1-7H3. The Balaban J connectivity index is 1.31. The van der Waals surface area contributed by atoms with Crippen molar-refractivity contribution < 1.29 is 23.8 Å². The molecule has 228 valence electrons. The molecular formula is C35H41ClN2O5. The van der Waals surface area contributed by atoms with Crippen LogP contribution in [0, 0.1) is 29.2 Å². The number of esters is 1. The highest BCUT2D eigenvalue weighted by Gasteiger charge is 2.66. The fourth-order valence-electron chi connectivity index (χ4n) is 6.74. The molecule has 0 unspecified atom stereocenters. The lowest BCUT2D eigenvalue weighted by Crippen LogP contribution is -2.74. The van der Waals surface area contributed by atoms with Crippen LogP contribution < -0.4 is 4.74 Å². The summed E-state index contributed by atoms with van der Waals surface area (Å²) < 4.78 is 17.1. The van der Waals surface area contributed by atoms with Crippen LogP contribution in [0.2, 0.25) is 5.02 Å². The van der Waals surface area contributed by atoms with Crippen LogP contribution >= 0.6 is 11.6 Å². The monoisotopic (exact) mass is 604 g/mol. The summed E-state index contributed by atoms with van der Waals surface area (Å²) >= 11 is 6.25.